The summed E-state index contributed by atoms with van der Waals surface area (Å²) in [4.78, 5) is 17.1. The second kappa shape index (κ2) is 7.69. The largest absolute Gasteiger partial charge is 0.487 e. The minimum Gasteiger partial charge on any atom is -0.487 e. The van der Waals surface area contributed by atoms with Crippen molar-refractivity contribution in [3.05, 3.63) is 59.7 Å². The number of carbonyl (C=O) groups excluding carboxylic acids is 1. The summed E-state index contributed by atoms with van der Waals surface area (Å²) in [5, 5.41) is 3.40. The number of nitrogens with one attached hydrogen (secondary N) is 1. The van der Waals surface area contributed by atoms with Crippen molar-refractivity contribution < 1.29 is 9.53 Å². The Balaban J connectivity index is 1.27. The molecule has 1 unspecified atom stereocenters. The molecule has 0 spiro atoms. The highest BCUT2D eigenvalue weighted by molar-refractivity contribution is 5.98. The molecule has 2 fully saturated rings. The minimum absolute atomic E-state index is 0.0464. The lowest BCUT2D eigenvalue weighted by atomic mass is 10.1. The molecule has 6 heteroatoms. The van der Waals surface area contributed by atoms with Crippen molar-refractivity contribution in [2.75, 3.05) is 31.1 Å². The lowest BCUT2D eigenvalue weighted by Crippen LogP contribution is -2.46. The van der Waals surface area contributed by atoms with Gasteiger partial charge in [-0.25, -0.2) is 0 Å². The summed E-state index contributed by atoms with van der Waals surface area (Å²) < 4.78 is 6.27. The Bertz CT molecular complexity index is 882. The van der Waals surface area contributed by atoms with Crippen molar-refractivity contribution in [2.45, 2.75) is 37.6 Å². The Labute approximate surface area is 171 Å². The normalized spacial score (nSPS) is 26.7. The van der Waals surface area contributed by atoms with Crippen LogP contribution in [0, 0.1) is 0 Å². The van der Waals surface area contributed by atoms with Crippen LogP contribution in [0.3, 0.4) is 0 Å². The molecule has 2 aromatic rings. The molecule has 3 heterocycles. The Kier molecular flexibility index (Phi) is 4.89. The third kappa shape index (κ3) is 3.58. The molecule has 0 aliphatic carbocycles. The molecule has 0 aromatic heterocycles. The molecule has 152 valence electrons. The zero-order valence-corrected chi connectivity index (χ0v) is 16.6. The van der Waals surface area contributed by atoms with E-state index in [1.807, 2.05) is 41.3 Å². The number of piperidine rings is 1. The van der Waals surface area contributed by atoms with Gasteiger partial charge in [0.25, 0.3) is 5.91 Å². The van der Waals surface area contributed by atoms with E-state index < -0.39 is 0 Å². The number of hydrogen-bond acceptors (Lipinski definition) is 5. The number of hydrogen-bond donors (Lipinski definition) is 2. The van der Waals surface area contributed by atoms with Gasteiger partial charge in [-0.2, -0.15) is 0 Å². The topological polar surface area (TPSA) is 70.8 Å². The maximum absolute atomic E-state index is 12.8. The highest BCUT2D eigenvalue weighted by atomic mass is 16.5. The van der Waals surface area contributed by atoms with Crippen LogP contribution in [0.1, 0.15) is 28.8 Å². The Hall–Kier alpha value is -2.57. The average Bonchev–Trinajstić information content (AvgIpc) is 3.29. The van der Waals surface area contributed by atoms with Gasteiger partial charge in [0, 0.05) is 36.9 Å². The standard InChI is InChI=1S/C23H28N4O2/c24-21-14-26(17-5-2-1-3-6-17)15-22(21)29-19-8-9-20-16(11-19)13-27(23(20)28)18-7-4-10-25-12-18/h1-3,5-6,8-9,11,18,21-22,25H,4,7,10,12-15,24H2/t18?,21-,22-/m0/s1. The lowest BCUT2D eigenvalue weighted by Gasteiger charge is -2.31. The molecule has 5 rings (SSSR count). The van der Waals surface area contributed by atoms with Crippen LogP contribution in [0.25, 0.3) is 0 Å². The monoisotopic (exact) mass is 392 g/mol. The number of nitrogens with two attached hydrogens (primary N) is 1. The molecule has 3 N–H and O–H groups in total. The van der Waals surface area contributed by atoms with Crippen LogP contribution in [0.5, 0.6) is 5.75 Å². The van der Waals surface area contributed by atoms with E-state index in [1.165, 1.54) is 5.69 Å². The van der Waals surface area contributed by atoms with Gasteiger partial charge in [-0.05, 0) is 55.3 Å². The second-order valence-electron chi connectivity index (χ2n) is 8.31. The SMILES string of the molecule is N[C@H]1CN(c2ccccc2)C[C@@H]1Oc1ccc2c(c1)CN(C1CCCNC1)C2=O. The molecule has 0 radical (unpaired) electrons. The fourth-order valence-electron chi connectivity index (χ4n) is 4.74. The van der Waals surface area contributed by atoms with Gasteiger partial charge in [0.05, 0.1) is 12.6 Å². The van der Waals surface area contributed by atoms with E-state index in [0.29, 0.717) is 6.54 Å². The highest BCUT2D eigenvalue weighted by Gasteiger charge is 2.35. The molecule has 2 saturated heterocycles. The van der Waals surface area contributed by atoms with Gasteiger partial charge in [-0.3, -0.25) is 4.79 Å². The zero-order valence-electron chi connectivity index (χ0n) is 16.6. The Morgan fingerprint density at radius 1 is 1.10 bits per heavy atom. The van der Waals surface area contributed by atoms with E-state index in [0.717, 1.165) is 55.9 Å². The average molecular weight is 393 g/mol. The molecule has 3 aliphatic heterocycles. The van der Waals surface area contributed by atoms with Crippen molar-refractivity contribution in [1.29, 1.82) is 0 Å². The molecule has 0 bridgehead atoms. The summed E-state index contributed by atoms with van der Waals surface area (Å²) in [6, 6.07) is 16.4. The molecule has 3 aliphatic rings. The third-order valence-electron chi connectivity index (χ3n) is 6.34. The first kappa shape index (κ1) is 18.5. The predicted molar refractivity (Wildman–Crippen MR) is 113 cm³/mol. The van der Waals surface area contributed by atoms with Crippen molar-refractivity contribution >= 4 is 11.6 Å². The number of amides is 1. The van der Waals surface area contributed by atoms with Crippen LogP contribution in [-0.2, 0) is 6.54 Å². The van der Waals surface area contributed by atoms with E-state index in [2.05, 4.69) is 22.3 Å². The number of carbonyl (C=O) groups is 1. The van der Waals surface area contributed by atoms with Gasteiger partial charge < -0.3 is 25.6 Å². The molecular formula is C23H28N4O2. The first-order chi connectivity index (χ1) is 14.2. The van der Waals surface area contributed by atoms with Gasteiger partial charge in [0.2, 0.25) is 0 Å². The number of para-hydroxylation sites is 1. The summed E-state index contributed by atoms with van der Waals surface area (Å²) in [5.41, 5.74) is 9.41. The first-order valence-corrected chi connectivity index (χ1v) is 10.6. The van der Waals surface area contributed by atoms with Crippen molar-refractivity contribution in [1.82, 2.24) is 10.2 Å². The summed E-state index contributed by atoms with van der Waals surface area (Å²) >= 11 is 0. The van der Waals surface area contributed by atoms with Crippen LogP contribution >= 0.6 is 0 Å². The fourth-order valence-corrected chi connectivity index (χ4v) is 4.74. The van der Waals surface area contributed by atoms with Crippen molar-refractivity contribution in [3.8, 4) is 5.75 Å². The van der Waals surface area contributed by atoms with Crippen LogP contribution in [0.2, 0.25) is 0 Å². The van der Waals surface area contributed by atoms with Crippen LogP contribution in [0.4, 0.5) is 5.69 Å². The molecule has 0 saturated carbocycles. The van der Waals surface area contributed by atoms with E-state index in [4.69, 9.17) is 10.5 Å². The van der Waals surface area contributed by atoms with E-state index in [1.54, 1.807) is 0 Å². The van der Waals surface area contributed by atoms with Gasteiger partial charge in [0.15, 0.2) is 0 Å². The number of benzene rings is 2. The molecule has 2 aromatic carbocycles. The van der Waals surface area contributed by atoms with E-state index in [9.17, 15) is 4.79 Å². The lowest BCUT2D eigenvalue weighted by molar-refractivity contribution is 0.0674. The van der Waals surface area contributed by atoms with Gasteiger partial charge in [-0.1, -0.05) is 18.2 Å². The molecule has 6 nitrogen and oxygen atoms in total. The minimum atomic E-state index is -0.0657. The Morgan fingerprint density at radius 2 is 1.97 bits per heavy atom. The van der Waals surface area contributed by atoms with Gasteiger partial charge in [-0.15, -0.1) is 0 Å². The third-order valence-corrected chi connectivity index (χ3v) is 6.34. The first-order valence-electron chi connectivity index (χ1n) is 10.6. The maximum atomic E-state index is 12.8. The van der Waals surface area contributed by atoms with Gasteiger partial charge in [0.1, 0.15) is 11.9 Å². The van der Waals surface area contributed by atoms with E-state index in [-0.39, 0.29) is 24.1 Å². The summed E-state index contributed by atoms with van der Waals surface area (Å²) in [6.07, 6.45) is 2.13. The molecule has 29 heavy (non-hydrogen) atoms. The molecule has 3 atom stereocenters. The predicted octanol–water partition coefficient (Wildman–Crippen LogP) is 1.99. The maximum Gasteiger partial charge on any atom is 0.254 e. The number of fused-ring (bicyclic) bond motifs is 1. The van der Waals surface area contributed by atoms with Gasteiger partial charge >= 0.3 is 0 Å². The van der Waals surface area contributed by atoms with Crippen molar-refractivity contribution in [2.24, 2.45) is 5.73 Å². The fraction of sp³-hybridized carbons (Fsp3) is 0.435. The Morgan fingerprint density at radius 3 is 2.76 bits per heavy atom. The number of ether oxygens (including phenoxy) is 1. The number of nitrogens with zero attached hydrogens (tertiary/aromatic N) is 2. The number of rotatable bonds is 4. The summed E-state index contributed by atoms with van der Waals surface area (Å²) in [7, 11) is 0. The van der Waals surface area contributed by atoms with Crippen molar-refractivity contribution in [3.63, 3.8) is 0 Å². The summed E-state index contributed by atoms with van der Waals surface area (Å²) in [5.74, 6) is 0.948. The molecule has 1 amide bonds. The second-order valence-corrected chi connectivity index (χ2v) is 8.31. The van der Waals surface area contributed by atoms with E-state index >= 15 is 0 Å². The zero-order chi connectivity index (χ0) is 19.8. The summed E-state index contributed by atoms with van der Waals surface area (Å²) in [6.45, 7) is 4.15. The van der Waals surface area contributed by atoms with Crippen LogP contribution < -0.4 is 20.7 Å². The quantitative estimate of drug-likeness (QED) is 0.833. The highest BCUT2D eigenvalue weighted by Crippen LogP contribution is 2.31. The van der Waals surface area contributed by atoms with Crippen LogP contribution in [-0.4, -0.2) is 55.2 Å². The number of anilines is 1. The smallest absolute Gasteiger partial charge is 0.254 e. The molecular weight excluding hydrogens is 364 g/mol. The van der Waals surface area contributed by atoms with Crippen LogP contribution in [0.15, 0.2) is 48.5 Å².